The Morgan fingerprint density at radius 3 is 2.95 bits per heavy atom. The van der Waals surface area contributed by atoms with Gasteiger partial charge in [0.25, 0.3) is 0 Å². The van der Waals surface area contributed by atoms with Gasteiger partial charge < -0.3 is 10.7 Å². The third kappa shape index (κ3) is 2.20. The zero-order valence-corrected chi connectivity index (χ0v) is 11.6. The molecule has 0 saturated heterocycles. The van der Waals surface area contributed by atoms with E-state index < -0.39 is 0 Å². The molecule has 1 aromatic carbocycles. The van der Waals surface area contributed by atoms with Crippen LogP contribution in [0.15, 0.2) is 30.5 Å². The molecule has 20 heavy (non-hydrogen) atoms. The highest BCUT2D eigenvalue weighted by Gasteiger charge is 2.13. The standard InChI is InChI=1S/C15H19N5/c1-2-7-20-15(14(9-16)18-19-20)8-11-10-17-13-6-4-3-5-12(11)13/h3-6,10,17H,2,7-9,16H2,1H3. The maximum atomic E-state index is 5.78. The Balaban J connectivity index is 2.00. The van der Waals surface area contributed by atoms with Crippen LogP contribution in [0.25, 0.3) is 10.9 Å². The molecule has 0 amide bonds. The molecule has 0 radical (unpaired) electrons. The van der Waals surface area contributed by atoms with Crippen molar-refractivity contribution < 1.29 is 0 Å². The smallest absolute Gasteiger partial charge is 0.0998 e. The van der Waals surface area contributed by atoms with Crippen LogP contribution in [0.4, 0.5) is 0 Å². The van der Waals surface area contributed by atoms with Gasteiger partial charge in [-0.2, -0.15) is 0 Å². The fourth-order valence-electron chi connectivity index (χ4n) is 2.57. The van der Waals surface area contributed by atoms with Crippen LogP contribution in [0, 0.1) is 0 Å². The zero-order chi connectivity index (χ0) is 13.9. The van der Waals surface area contributed by atoms with Gasteiger partial charge in [-0.05, 0) is 18.1 Å². The molecular weight excluding hydrogens is 250 g/mol. The van der Waals surface area contributed by atoms with Gasteiger partial charge in [0.1, 0.15) is 0 Å². The first-order chi connectivity index (χ1) is 9.83. The highest BCUT2D eigenvalue weighted by Crippen LogP contribution is 2.21. The van der Waals surface area contributed by atoms with Gasteiger partial charge in [-0.25, -0.2) is 4.68 Å². The molecule has 2 heterocycles. The molecule has 0 saturated carbocycles. The highest BCUT2D eigenvalue weighted by molar-refractivity contribution is 5.83. The van der Waals surface area contributed by atoms with Crippen LogP contribution in [0.2, 0.25) is 0 Å². The Kier molecular flexibility index (Phi) is 3.52. The van der Waals surface area contributed by atoms with Gasteiger partial charge in [0.05, 0.1) is 11.4 Å². The van der Waals surface area contributed by atoms with Crippen molar-refractivity contribution in [3.05, 3.63) is 47.4 Å². The summed E-state index contributed by atoms with van der Waals surface area (Å²) < 4.78 is 1.98. The number of aryl methyl sites for hydroxylation is 1. The van der Waals surface area contributed by atoms with E-state index in [-0.39, 0.29) is 0 Å². The lowest BCUT2D eigenvalue weighted by molar-refractivity contribution is 0.560. The Hall–Kier alpha value is -2.14. The predicted octanol–water partition coefficient (Wildman–Crippen LogP) is 2.22. The molecule has 5 heteroatoms. The topological polar surface area (TPSA) is 72.5 Å². The van der Waals surface area contributed by atoms with Crippen molar-refractivity contribution >= 4 is 10.9 Å². The van der Waals surface area contributed by atoms with Crippen LogP contribution in [0.5, 0.6) is 0 Å². The van der Waals surface area contributed by atoms with Gasteiger partial charge in [0, 0.05) is 36.6 Å². The molecule has 3 rings (SSSR count). The largest absolute Gasteiger partial charge is 0.361 e. The Labute approximate surface area is 117 Å². The molecule has 0 aliphatic rings. The number of aromatic amines is 1. The Bertz CT molecular complexity index is 710. The second-order valence-corrected chi connectivity index (χ2v) is 4.95. The predicted molar refractivity (Wildman–Crippen MR) is 79.3 cm³/mol. The number of nitrogens with zero attached hydrogens (tertiary/aromatic N) is 3. The van der Waals surface area contributed by atoms with Gasteiger partial charge in [-0.15, -0.1) is 5.10 Å². The summed E-state index contributed by atoms with van der Waals surface area (Å²) in [4.78, 5) is 3.31. The van der Waals surface area contributed by atoms with E-state index in [0.717, 1.165) is 36.3 Å². The quantitative estimate of drug-likeness (QED) is 0.746. The normalized spacial score (nSPS) is 11.3. The zero-order valence-electron chi connectivity index (χ0n) is 11.6. The van der Waals surface area contributed by atoms with E-state index in [1.165, 1.54) is 10.9 Å². The summed E-state index contributed by atoms with van der Waals surface area (Å²) in [6, 6.07) is 8.32. The maximum Gasteiger partial charge on any atom is 0.0998 e. The number of hydrogen-bond donors (Lipinski definition) is 2. The van der Waals surface area contributed by atoms with E-state index >= 15 is 0 Å². The highest BCUT2D eigenvalue weighted by atomic mass is 15.4. The van der Waals surface area contributed by atoms with Crippen molar-refractivity contribution in [2.24, 2.45) is 5.73 Å². The van der Waals surface area contributed by atoms with Gasteiger partial charge in [0.2, 0.25) is 0 Å². The summed E-state index contributed by atoms with van der Waals surface area (Å²) >= 11 is 0. The Morgan fingerprint density at radius 2 is 2.15 bits per heavy atom. The number of para-hydroxylation sites is 1. The number of benzene rings is 1. The molecule has 2 aromatic heterocycles. The summed E-state index contributed by atoms with van der Waals surface area (Å²) in [6.07, 6.45) is 3.91. The maximum absolute atomic E-state index is 5.78. The lowest BCUT2D eigenvalue weighted by atomic mass is 10.1. The van der Waals surface area contributed by atoms with Crippen molar-refractivity contribution in [3.8, 4) is 0 Å². The summed E-state index contributed by atoms with van der Waals surface area (Å²) in [5, 5.41) is 9.66. The van der Waals surface area contributed by atoms with Crippen LogP contribution >= 0.6 is 0 Å². The van der Waals surface area contributed by atoms with Crippen molar-refractivity contribution in [3.63, 3.8) is 0 Å². The first-order valence-corrected chi connectivity index (χ1v) is 6.99. The molecule has 0 spiro atoms. The number of nitrogens with one attached hydrogen (secondary N) is 1. The lowest BCUT2D eigenvalue weighted by Gasteiger charge is -2.06. The molecule has 0 bridgehead atoms. The molecule has 0 fully saturated rings. The van der Waals surface area contributed by atoms with E-state index in [9.17, 15) is 0 Å². The molecular formula is C15H19N5. The average molecular weight is 269 g/mol. The van der Waals surface area contributed by atoms with Crippen molar-refractivity contribution in [2.45, 2.75) is 32.9 Å². The van der Waals surface area contributed by atoms with Crippen LogP contribution < -0.4 is 5.73 Å². The molecule has 0 atom stereocenters. The molecule has 104 valence electrons. The fourth-order valence-corrected chi connectivity index (χ4v) is 2.57. The minimum atomic E-state index is 0.432. The van der Waals surface area contributed by atoms with Crippen LogP contribution in [-0.2, 0) is 19.5 Å². The summed E-state index contributed by atoms with van der Waals surface area (Å²) in [5.74, 6) is 0. The second-order valence-electron chi connectivity index (χ2n) is 4.95. The van der Waals surface area contributed by atoms with E-state index in [1.807, 2.05) is 10.7 Å². The number of hydrogen-bond acceptors (Lipinski definition) is 3. The third-order valence-electron chi connectivity index (χ3n) is 3.58. The summed E-state index contributed by atoms with van der Waals surface area (Å²) in [5.41, 5.74) is 10.2. The van der Waals surface area contributed by atoms with Crippen LogP contribution in [-0.4, -0.2) is 20.0 Å². The van der Waals surface area contributed by atoms with Gasteiger partial charge in [0.15, 0.2) is 0 Å². The summed E-state index contributed by atoms with van der Waals surface area (Å²) in [7, 11) is 0. The number of rotatable bonds is 5. The summed E-state index contributed by atoms with van der Waals surface area (Å²) in [6.45, 7) is 3.45. The lowest BCUT2D eigenvalue weighted by Crippen LogP contribution is -2.08. The van der Waals surface area contributed by atoms with Gasteiger partial charge >= 0.3 is 0 Å². The minimum absolute atomic E-state index is 0.432. The second kappa shape index (κ2) is 5.46. The molecule has 0 aliphatic heterocycles. The van der Waals surface area contributed by atoms with Crippen LogP contribution in [0.1, 0.15) is 30.3 Å². The third-order valence-corrected chi connectivity index (χ3v) is 3.58. The SMILES string of the molecule is CCCn1nnc(CN)c1Cc1c[nH]c2ccccc12. The number of fused-ring (bicyclic) bond motifs is 1. The minimum Gasteiger partial charge on any atom is -0.361 e. The van der Waals surface area contributed by atoms with Crippen molar-refractivity contribution in [1.29, 1.82) is 0 Å². The molecule has 0 aliphatic carbocycles. The first kappa shape index (κ1) is 12.9. The number of H-pyrrole nitrogens is 1. The number of nitrogens with two attached hydrogens (primary N) is 1. The van der Waals surface area contributed by atoms with Crippen molar-refractivity contribution in [1.82, 2.24) is 20.0 Å². The monoisotopic (exact) mass is 269 g/mol. The first-order valence-electron chi connectivity index (χ1n) is 6.99. The van der Waals surface area contributed by atoms with E-state index in [0.29, 0.717) is 6.54 Å². The molecule has 0 unspecified atom stereocenters. The molecule has 5 nitrogen and oxygen atoms in total. The fraction of sp³-hybridized carbons (Fsp3) is 0.333. The molecule has 3 aromatic rings. The average Bonchev–Trinajstić information content (AvgIpc) is 3.05. The Morgan fingerprint density at radius 1 is 1.30 bits per heavy atom. The molecule has 3 N–H and O–H groups in total. The van der Waals surface area contributed by atoms with Crippen LogP contribution in [0.3, 0.4) is 0 Å². The van der Waals surface area contributed by atoms with E-state index in [2.05, 4.69) is 46.6 Å². The van der Waals surface area contributed by atoms with E-state index in [4.69, 9.17) is 5.73 Å². The van der Waals surface area contributed by atoms with E-state index in [1.54, 1.807) is 0 Å². The number of aromatic nitrogens is 4. The van der Waals surface area contributed by atoms with Gasteiger partial charge in [-0.3, -0.25) is 0 Å². The van der Waals surface area contributed by atoms with Gasteiger partial charge in [-0.1, -0.05) is 30.3 Å². The van der Waals surface area contributed by atoms with Crippen molar-refractivity contribution in [2.75, 3.05) is 0 Å².